The molecule has 0 N–H and O–H groups in total. The zero-order valence-corrected chi connectivity index (χ0v) is 58.8. The number of benzene rings is 15. The van der Waals surface area contributed by atoms with E-state index in [0.717, 1.165) is 141 Å². The summed E-state index contributed by atoms with van der Waals surface area (Å²) in [6.07, 6.45) is 9.05. The summed E-state index contributed by atoms with van der Waals surface area (Å²) in [7, 11) is 0. The number of hydrogen-bond donors (Lipinski definition) is 0. The zero-order valence-electron chi connectivity index (χ0n) is 58.8. The third-order valence-corrected chi connectivity index (χ3v) is 22.3. The lowest BCUT2D eigenvalue weighted by Crippen LogP contribution is -2.04. The molecule has 22 rings (SSSR count). The Morgan fingerprint density at radius 3 is 1.47 bits per heavy atom. The minimum Gasteiger partial charge on any atom is -0.309 e. The van der Waals surface area contributed by atoms with Crippen molar-refractivity contribution in [1.29, 1.82) is 0 Å². The minimum atomic E-state index is 0.600. The fraction of sp³-hybridized carbons (Fsp3) is 0.0198. The summed E-state index contributed by atoms with van der Waals surface area (Å²) in [5.41, 5.74) is 26.5. The summed E-state index contributed by atoms with van der Waals surface area (Å²) in [6.45, 7) is 0. The Hall–Kier alpha value is -14.3. The van der Waals surface area contributed by atoms with Gasteiger partial charge >= 0.3 is 0 Å². The van der Waals surface area contributed by atoms with Crippen molar-refractivity contribution >= 4 is 114 Å². The summed E-state index contributed by atoms with van der Waals surface area (Å²) in [4.78, 5) is 16.9. The molecule has 0 saturated carbocycles. The summed E-state index contributed by atoms with van der Waals surface area (Å²) in [5.74, 6) is 0.600. The molecule has 0 bridgehead atoms. The highest BCUT2D eigenvalue weighted by Gasteiger charge is 2.28. The van der Waals surface area contributed by atoms with Crippen molar-refractivity contribution in [2.24, 2.45) is 0 Å². The first-order valence-electron chi connectivity index (χ1n) is 37.2. The maximum Gasteiger partial charge on any atom is 0.235 e. The van der Waals surface area contributed by atoms with Crippen LogP contribution in [0.2, 0.25) is 0 Å². The monoisotopic (exact) mass is 1380 g/mol. The lowest BCUT2D eigenvalue weighted by Gasteiger charge is -2.17. The van der Waals surface area contributed by atoms with Crippen LogP contribution in [0.25, 0.3) is 210 Å². The highest BCUT2D eigenvalue weighted by Crippen LogP contribution is 2.49. The van der Waals surface area contributed by atoms with Gasteiger partial charge in [0.1, 0.15) is 0 Å². The Balaban J connectivity index is 0.733. The van der Waals surface area contributed by atoms with Crippen LogP contribution in [0.3, 0.4) is 0 Å². The second-order valence-corrected chi connectivity index (χ2v) is 28.5. The van der Waals surface area contributed by atoms with Crippen LogP contribution < -0.4 is 0 Å². The van der Waals surface area contributed by atoms with Gasteiger partial charge in [-0.05, 0) is 153 Å². The van der Waals surface area contributed by atoms with Crippen LogP contribution >= 0.6 is 0 Å². The molecule has 504 valence electrons. The molecule has 0 spiro atoms. The molecule has 7 nitrogen and oxygen atoms in total. The lowest BCUT2D eigenvalue weighted by molar-refractivity contribution is 0.998. The van der Waals surface area contributed by atoms with Crippen molar-refractivity contribution in [3.63, 3.8) is 0 Å². The Morgan fingerprint density at radius 2 is 0.750 bits per heavy atom. The van der Waals surface area contributed by atoms with E-state index in [0.29, 0.717) is 5.95 Å². The van der Waals surface area contributed by atoms with E-state index < -0.39 is 0 Å². The van der Waals surface area contributed by atoms with Gasteiger partial charge in [0, 0.05) is 76.7 Å². The maximum absolute atomic E-state index is 5.68. The second-order valence-electron chi connectivity index (χ2n) is 28.5. The van der Waals surface area contributed by atoms with Crippen molar-refractivity contribution in [2.45, 2.75) is 12.8 Å². The molecule has 6 heterocycles. The molecule has 7 heteroatoms. The first kappa shape index (κ1) is 61.2. The molecular formula is C101H65N7. The fourth-order valence-corrected chi connectivity index (χ4v) is 17.4. The summed E-state index contributed by atoms with van der Waals surface area (Å²) >= 11 is 0. The smallest absolute Gasteiger partial charge is 0.235 e. The second kappa shape index (κ2) is 24.7. The van der Waals surface area contributed by atoms with Gasteiger partial charge in [0.25, 0.3) is 0 Å². The first-order chi connectivity index (χ1) is 53.6. The third kappa shape index (κ3) is 9.79. The molecule has 21 aromatic rings. The van der Waals surface area contributed by atoms with Gasteiger partial charge in [0.15, 0.2) is 0 Å². The molecular weight excluding hydrogens is 1310 g/mol. The van der Waals surface area contributed by atoms with Crippen LogP contribution in [0, 0.1) is 0 Å². The van der Waals surface area contributed by atoms with Crippen LogP contribution in [0.15, 0.2) is 370 Å². The summed E-state index contributed by atoms with van der Waals surface area (Å²) < 4.78 is 9.87. The van der Waals surface area contributed by atoms with Crippen molar-refractivity contribution in [3.8, 4) is 95.7 Å². The predicted molar refractivity (Wildman–Crippen MR) is 452 cm³/mol. The lowest BCUT2D eigenvalue weighted by atomic mass is 9.95. The van der Waals surface area contributed by atoms with Crippen molar-refractivity contribution < 1.29 is 0 Å². The van der Waals surface area contributed by atoms with Gasteiger partial charge in [-0.3, -0.25) is 4.57 Å². The van der Waals surface area contributed by atoms with Crippen molar-refractivity contribution in [2.75, 3.05) is 0 Å². The summed E-state index contributed by atoms with van der Waals surface area (Å²) in [5, 5.41) is 14.2. The van der Waals surface area contributed by atoms with E-state index in [2.05, 4.69) is 388 Å². The van der Waals surface area contributed by atoms with Crippen LogP contribution in [0.1, 0.15) is 12.8 Å². The van der Waals surface area contributed by atoms with Gasteiger partial charge in [0.2, 0.25) is 5.95 Å². The molecule has 15 aromatic carbocycles. The minimum absolute atomic E-state index is 0.600. The number of nitrogens with zero attached hydrogens (tertiary/aromatic N) is 7. The number of pyridine rings is 1. The molecule has 0 saturated heterocycles. The average molecular weight is 1380 g/mol. The molecule has 0 amide bonds. The zero-order chi connectivity index (χ0) is 70.9. The van der Waals surface area contributed by atoms with E-state index in [9.17, 15) is 0 Å². The van der Waals surface area contributed by atoms with Gasteiger partial charge in [-0.25, -0.2) is 15.0 Å². The first-order valence-corrected chi connectivity index (χ1v) is 37.2. The van der Waals surface area contributed by atoms with Gasteiger partial charge in [-0.2, -0.15) is 0 Å². The van der Waals surface area contributed by atoms with Crippen LogP contribution in [0.5, 0.6) is 0 Å². The molecule has 1 aliphatic carbocycles. The van der Waals surface area contributed by atoms with Crippen LogP contribution in [-0.4, -0.2) is 33.2 Å². The fourth-order valence-electron chi connectivity index (χ4n) is 17.4. The van der Waals surface area contributed by atoms with Gasteiger partial charge in [-0.15, -0.1) is 0 Å². The van der Waals surface area contributed by atoms with E-state index in [1.54, 1.807) is 0 Å². The number of hydrogen-bond acceptors (Lipinski definition) is 3. The Labute approximate surface area is 622 Å². The molecule has 6 aromatic heterocycles. The molecule has 0 atom stereocenters. The largest absolute Gasteiger partial charge is 0.309 e. The van der Waals surface area contributed by atoms with Gasteiger partial charge in [-0.1, -0.05) is 285 Å². The van der Waals surface area contributed by atoms with E-state index >= 15 is 0 Å². The standard InChI is InChI=1S/C101H65N7/c1-5-25-64(26-6-1)66-47-50-70(51-48-66)89-63-88(69-31-9-3-10-32-69)103-101(104-89)108-93-55-53-67-28-15-16-40-79(67)95(93)83-54-56-94-97(98(83)108)82-43-19-21-45-91(82)105(94)77-39-24-35-73(59-77)72-34-23-36-75(58-72)87-61-78(60-86(102-87)68-29-7-2-8-30-68)107-92-46-22-18-42-81(92)96-84(74-52-49-65-27-13-14-33-71(65)57-74)62-85-80-41-17-20-44-90(80)106(99(85)100(96)107)76-37-11-4-12-38-76/h1-3,5-11,13-63H,4,12H2. The molecule has 0 fully saturated rings. The number of fused-ring (bicyclic) bond motifs is 17. The molecule has 108 heavy (non-hydrogen) atoms. The topological polar surface area (TPSA) is 58.4 Å². The molecule has 0 aliphatic heterocycles. The van der Waals surface area contributed by atoms with Crippen LogP contribution in [-0.2, 0) is 0 Å². The number of aromatic nitrogens is 7. The Kier molecular flexibility index (Phi) is 14.0. The van der Waals surface area contributed by atoms with Gasteiger partial charge < -0.3 is 13.7 Å². The van der Waals surface area contributed by atoms with Crippen molar-refractivity contribution in [1.82, 2.24) is 33.2 Å². The summed E-state index contributed by atoms with van der Waals surface area (Å²) in [6, 6.07) is 128. The average Bonchev–Trinajstić information content (AvgIpc) is 1.54. The third-order valence-electron chi connectivity index (χ3n) is 22.3. The molecule has 0 unspecified atom stereocenters. The highest BCUT2D eigenvalue weighted by molar-refractivity contribution is 6.31. The quantitative estimate of drug-likeness (QED) is 0.130. The number of rotatable bonds is 11. The van der Waals surface area contributed by atoms with E-state index in [4.69, 9.17) is 15.0 Å². The van der Waals surface area contributed by atoms with E-state index in [1.807, 2.05) is 0 Å². The SMILES string of the molecule is C1=CC(n2c3ccccc3c3cc(-c4ccc5ccccc5c4)c4c5ccccc5n(-c5cc(-c6ccccc6)nc(-c6cccc(-c7cccc(-n8c9ccccc9c9c8ccc8c%10c%11ccccc%11ccc%10n(-c%10nc(-c%11ccccc%11)cc(-c%11ccc(-c%12ccccc%12)cc%11)n%10)c89)c7)c6)c5)c4c32)=CCC1. The predicted octanol–water partition coefficient (Wildman–Crippen LogP) is 26.4. The molecule has 0 radical (unpaired) electrons. The van der Waals surface area contributed by atoms with E-state index in [-0.39, 0.29) is 0 Å². The van der Waals surface area contributed by atoms with Crippen molar-refractivity contribution in [3.05, 3.63) is 370 Å². The van der Waals surface area contributed by atoms with Crippen LogP contribution in [0.4, 0.5) is 0 Å². The maximum atomic E-state index is 5.68. The normalized spacial score (nSPS) is 12.6. The highest BCUT2D eigenvalue weighted by atomic mass is 15.2. The van der Waals surface area contributed by atoms with Gasteiger partial charge in [0.05, 0.1) is 72.6 Å². The number of para-hydroxylation sites is 3. The molecule has 1 aliphatic rings. The Morgan fingerprint density at radius 1 is 0.231 bits per heavy atom. The number of allylic oxidation sites excluding steroid dienone is 4. The van der Waals surface area contributed by atoms with E-state index in [1.165, 1.54) is 76.5 Å². The Bertz CT molecular complexity index is 7330.